The van der Waals surface area contributed by atoms with Crippen molar-refractivity contribution in [2.24, 2.45) is 4.99 Å². The maximum Gasteiger partial charge on any atom is 0.196 e. The number of hydrogen-bond donors (Lipinski definition) is 1. The van der Waals surface area contributed by atoms with Crippen LogP contribution in [-0.4, -0.2) is 74.7 Å². The van der Waals surface area contributed by atoms with Gasteiger partial charge in [-0.1, -0.05) is 48.6 Å². The van der Waals surface area contributed by atoms with E-state index in [0.29, 0.717) is 45.9 Å². The number of anilines is 2. The number of methoxy groups -OCH3 is 1. The van der Waals surface area contributed by atoms with Crippen LogP contribution in [0.4, 0.5) is 17.1 Å². The molecule has 2 heterocycles. The van der Waals surface area contributed by atoms with Gasteiger partial charge in [0.25, 0.3) is 0 Å². The lowest BCUT2D eigenvalue weighted by Gasteiger charge is -2.36. The number of carbonyl (C=O) groups excluding carboxylic acids is 2. The fourth-order valence-corrected chi connectivity index (χ4v) is 6.20. The van der Waals surface area contributed by atoms with Gasteiger partial charge in [0.05, 0.1) is 29.6 Å². The van der Waals surface area contributed by atoms with Crippen molar-refractivity contribution in [3.63, 3.8) is 0 Å². The molecule has 0 aromatic heterocycles. The average molecular weight is 561 g/mol. The maximum absolute atomic E-state index is 13.8. The molecule has 2 aliphatic carbocycles. The second kappa shape index (κ2) is 10.9. The number of fused-ring (bicyclic) bond motifs is 5. The maximum atomic E-state index is 13.8. The number of carbonyl (C=O) groups is 2. The predicted octanol–water partition coefficient (Wildman–Crippen LogP) is 5.05. The van der Waals surface area contributed by atoms with E-state index in [1.54, 1.807) is 31.4 Å². The molecule has 0 spiro atoms. The van der Waals surface area contributed by atoms with E-state index in [1.165, 1.54) is 0 Å². The van der Waals surface area contributed by atoms with Gasteiger partial charge in [-0.2, -0.15) is 0 Å². The first kappa shape index (κ1) is 26.2. The fraction of sp³-hybridized carbons (Fsp3) is 0.265. The molecule has 4 aliphatic rings. The van der Waals surface area contributed by atoms with Gasteiger partial charge in [-0.3, -0.25) is 14.5 Å². The lowest BCUT2D eigenvalue weighted by Crippen LogP contribution is -2.47. The summed E-state index contributed by atoms with van der Waals surface area (Å²) in [5.41, 5.74) is 4.44. The van der Waals surface area contributed by atoms with E-state index in [2.05, 4.69) is 21.2 Å². The SMILES string of the molecule is COc1ccccc1N1CCN(CCCNc2cc3c(c4c2C(=O)c2ccccc2C4=O)N=C2C=CC=CC2O3)CC1. The Morgan fingerprint density at radius 3 is 2.48 bits per heavy atom. The fourth-order valence-electron chi connectivity index (χ4n) is 6.20. The Hall–Kier alpha value is -4.69. The monoisotopic (exact) mass is 560 g/mol. The van der Waals surface area contributed by atoms with Gasteiger partial charge in [-0.25, -0.2) is 4.99 Å². The number of rotatable bonds is 7. The summed E-state index contributed by atoms with van der Waals surface area (Å²) in [4.78, 5) is 37.2. The number of benzene rings is 3. The summed E-state index contributed by atoms with van der Waals surface area (Å²) in [6.07, 6.45) is 8.21. The number of allylic oxidation sites excluding steroid dienone is 2. The van der Waals surface area contributed by atoms with Crippen LogP contribution in [0.3, 0.4) is 0 Å². The van der Waals surface area contributed by atoms with Gasteiger partial charge in [-0.05, 0) is 37.3 Å². The quantitative estimate of drug-likeness (QED) is 0.317. The van der Waals surface area contributed by atoms with Crippen LogP contribution in [0.2, 0.25) is 0 Å². The molecule has 2 aliphatic heterocycles. The van der Waals surface area contributed by atoms with Crippen molar-refractivity contribution >= 4 is 34.3 Å². The minimum Gasteiger partial charge on any atom is -0.495 e. The molecule has 1 fully saturated rings. The summed E-state index contributed by atoms with van der Waals surface area (Å²) in [5.74, 6) is 1.05. The Labute approximate surface area is 244 Å². The second-order valence-corrected chi connectivity index (χ2v) is 10.8. The van der Waals surface area contributed by atoms with E-state index < -0.39 is 0 Å². The molecule has 212 valence electrons. The molecule has 0 radical (unpaired) electrons. The zero-order chi connectivity index (χ0) is 28.6. The summed E-state index contributed by atoms with van der Waals surface area (Å²) < 4.78 is 11.8. The first-order valence-electron chi connectivity index (χ1n) is 14.5. The van der Waals surface area contributed by atoms with E-state index in [0.717, 1.165) is 56.3 Å². The van der Waals surface area contributed by atoms with Crippen molar-refractivity contribution in [2.45, 2.75) is 12.5 Å². The third-order valence-corrected chi connectivity index (χ3v) is 8.35. The zero-order valence-electron chi connectivity index (χ0n) is 23.5. The number of para-hydroxylation sites is 2. The van der Waals surface area contributed by atoms with E-state index in [-0.39, 0.29) is 17.7 Å². The summed E-state index contributed by atoms with van der Waals surface area (Å²) in [6, 6.07) is 17.0. The van der Waals surface area contributed by atoms with Crippen molar-refractivity contribution < 1.29 is 19.1 Å². The zero-order valence-corrected chi connectivity index (χ0v) is 23.5. The smallest absolute Gasteiger partial charge is 0.196 e. The molecule has 0 saturated carbocycles. The normalized spacial score (nSPS) is 18.8. The van der Waals surface area contributed by atoms with Gasteiger partial charge in [0, 0.05) is 55.6 Å². The van der Waals surface area contributed by atoms with E-state index >= 15 is 0 Å². The van der Waals surface area contributed by atoms with Crippen LogP contribution in [0.5, 0.6) is 11.5 Å². The first-order valence-corrected chi connectivity index (χ1v) is 14.5. The molecule has 3 aromatic carbocycles. The molecular weight excluding hydrogens is 528 g/mol. The van der Waals surface area contributed by atoms with Crippen molar-refractivity contribution in [3.8, 4) is 11.5 Å². The number of piperazine rings is 1. The minimum atomic E-state index is -0.315. The van der Waals surface area contributed by atoms with Crippen LogP contribution < -0.4 is 19.7 Å². The van der Waals surface area contributed by atoms with Crippen LogP contribution >= 0.6 is 0 Å². The van der Waals surface area contributed by atoms with E-state index in [1.807, 2.05) is 48.6 Å². The number of nitrogens with zero attached hydrogens (tertiary/aromatic N) is 3. The highest BCUT2D eigenvalue weighted by Gasteiger charge is 2.37. The van der Waals surface area contributed by atoms with Crippen LogP contribution in [0.15, 0.2) is 83.9 Å². The molecule has 7 rings (SSSR count). The van der Waals surface area contributed by atoms with Crippen LogP contribution in [0.25, 0.3) is 0 Å². The third kappa shape index (κ3) is 4.58. The lowest BCUT2D eigenvalue weighted by molar-refractivity contribution is 0.0979. The van der Waals surface area contributed by atoms with E-state index in [9.17, 15) is 9.59 Å². The highest BCUT2D eigenvalue weighted by Crippen LogP contribution is 2.46. The number of aliphatic imine (C=N–C) groups is 1. The van der Waals surface area contributed by atoms with Crippen molar-refractivity contribution in [1.82, 2.24) is 4.90 Å². The van der Waals surface area contributed by atoms with Gasteiger partial charge < -0.3 is 19.7 Å². The molecule has 1 unspecified atom stereocenters. The Morgan fingerprint density at radius 2 is 1.69 bits per heavy atom. The van der Waals surface area contributed by atoms with Crippen LogP contribution in [0, 0.1) is 0 Å². The lowest BCUT2D eigenvalue weighted by atomic mass is 9.81. The summed E-state index contributed by atoms with van der Waals surface area (Å²) >= 11 is 0. The molecular formula is C34H32N4O4. The summed E-state index contributed by atoms with van der Waals surface area (Å²) in [6.45, 7) is 5.39. The highest BCUT2D eigenvalue weighted by molar-refractivity contribution is 6.32. The van der Waals surface area contributed by atoms with Gasteiger partial charge in [0.1, 0.15) is 17.2 Å². The summed E-state index contributed by atoms with van der Waals surface area (Å²) in [7, 11) is 1.71. The molecule has 8 nitrogen and oxygen atoms in total. The minimum absolute atomic E-state index is 0.167. The Bertz CT molecular complexity index is 1670. The van der Waals surface area contributed by atoms with Gasteiger partial charge in [0.2, 0.25) is 0 Å². The molecule has 1 N–H and O–H groups in total. The van der Waals surface area contributed by atoms with Gasteiger partial charge in [0.15, 0.2) is 17.7 Å². The average Bonchev–Trinajstić information content (AvgIpc) is 3.04. The number of hydrogen-bond acceptors (Lipinski definition) is 8. The van der Waals surface area contributed by atoms with Gasteiger partial charge >= 0.3 is 0 Å². The van der Waals surface area contributed by atoms with E-state index in [4.69, 9.17) is 14.5 Å². The molecule has 1 saturated heterocycles. The standard InChI is InChI=1S/C34H32N4O4/c1-41-28-14-7-5-12-26(28)38-19-17-37(18-20-38)16-8-15-35-25-21-29-32(36-24-11-4-6-13-27(24)42-29)31-30(25)33(39)22-9-2-3-10-23(22)34(31)40/h2-7,9-14,21,27,35H,8,15-20H2,1H3. The molecule has 0 amide bonds. The topological polar surface area (TPSA) is 83.5 Å². The first-order chi connectivity index (χ1) is 20.6. The second-order valence-electron chi connectivity index (χ2n) is 10.8. The predicted molar refractivity (Wildman–Crippen MR) is 164 cm³/mol. The van der Waals surface area contributed by atoms with Crippen LogP contribution in [0.1, 0.15) is 38.3 Å². The van der Waals surface area contributed by atoms with Crippen molar-refractivity contribution in [3.05, 3.63) is 101 Å². The number of nitrogens with one attached hydrogen (secondary N) is 1. The third-order valence-electron chi connectivity index (χ3n) is 8.35. The Balaban J connectivity index is 1.08. The van der Waals surface area contributed by atoms with Crippen LogP contribution in [-0.2, 0) is 0 Å². The summed E-state index contributed by atoms with van der Waals surface area (Å²) in [5, 5.41) is 3.48. The Kier molecular flexibility index (Phi) is 6.83. The van der Waals surface area contributed by atoms with Crippen molar-refractivity contribution in [1.29, 1.82) is 0 Å². The number of ketones is 2. The molecule has 8 heteroatoms. The number of ether oxygens (including phenoxy) is 2. The van der Waals surface area contributed by atoms with Gasteiger partial charge in [-0.15, -0.1) is 0 Å². The largest absolute Gasteiger partial charge is 0.495 e. The molecule has 3 aromatic rings. The van der Waals surface area contributed by atoms with Crippen molar-refractivity contribution in [2.75, 3.05) is 56.6 Å². The molecule has 0 bridgehead atoms. The molecule has 1 atom stereocenters. The highest BCUT2D eigenvalue weighted by atomic mass is 16.5. The molecule has 42 heavy (non-hydrogen) atoms. The Morgan fingerprint density at radius 1 is 0.952 bits per heavy atom.